The molecule has 0 aliphatic rings. The van der Waals surface area contributed by atoms with E-state index in [1.807, 2.05) is 32.0 Å². The van der Waals surface area contributed by atoms with Gasteiger partial charge in [-0.05, 0) is 18.6 Å². The third-order valence-corrected chi connectivity index (χ3v) is 3.32. The van der Waals surface area contributed by atoms with Gasteiger partial charge in [-0.1, -0.05) is 13.8 Å². The van der Waals surface area contributed by atoms with Crippen LogP contribution in [0.4, 0.5) is 0 Å². The van der Waals surface area contributed by atoms with Crippen molar-refractivity contribution < 1.29 is 23.7 Å². The molecule has 0 aliphatic carbocycles. The molecule has 5 heteroatoms. The van der Waals surface area contributed by atoms with Crippen molar-refractivity contribution in [2.45, 2.75) is 33.0 Å². The van der Waals surface area contributed by atoms with Gasteiger partial charge in [0.2, 0.25) is 0 Å². The number of carbonyl (C=O) groups is 1. The molecule has 21 heavy (non-hydrogen) atoms. The predicted molar refractivity (Wildman–Crippen MR) is 79.6 cm³/mol. The third kappa shape index (κ3) is 5.36. The van der Waals surface area contributed by atoms with E-state index in [2.05, 4.69) is 0 Å². The Kier molecular flexibility index (Phi) is 7.79. The standard InChI is InChI=1S/C16H24O5/c1-5-15(12(2)9-17)21-11-20-10-13-6-7-14(18-3)8-16(13)19-4/h6-9,12,15H,5,10-11H2,1-4H3/t12-,15-/m1/s1. The van der Waals surface area contributed by atoms with E-state index in [1.54, 1.807) is 14.2 Å². The summed E-state index contributed by atoms with van der Waals surface area (Å²) in [5, 5.41) is 0. The van der Waals surface area contributed by atoms with Gasteiger partial charge in [0, 0.05) is 17.5 Å². The topological polar surface area (TPSA) is 54.0 Å². The Balaban J connectivity index is 2.47. The molecule has 0 amide bonds. The molecule has 0 aliphatic heterocycles. The van der Waals surface area contributed by atoms with Crippen LogP contribution in [0.25, 0.3) is 0 Å². The van der Waals surface area contributed by atoms with Crippen LogP contribution >= 0.6 is 0 Å². The number of carbonyl (C=O) groups excluding carboxylic acids is 1. The van der Waals surface area contributed by atoms with Crippen LogP contribution in [-0.2, 0) is 20.9 Å². The van der Waals surface area contributed by atoms with Crippen molar-refractivity contribution in [3.8, 4) is 11.5 Å². The molecule has 5 nitrogen and oxygen atoms in total. The third-order valence-electron chi connectivity index (χ3n) is 3.32. The molecule has 0 bridgehead atoms. The first-order valence-corrected chi connectivity index (χ1v) is 7.01. The van der Waals surface area contributed by atoms with E-state index in [9.17, 15) is 4.79 Å². The SMILES string of the molecule is CC[C@@H](OCOCc1ccc(OC)cc1OC)[C@H](C)C=O. The lowest BCUT2D eigenvalue weighted by molar-refractivity contribution is -0.128. The lowest BCUT2D eigenvalue weighted by Crippen LogP contribution is -2.23. The molecule has 118 valence electrons. The van der Waals surface area contributed by atoms with Crippen molar-refractivity contribution in [1.29, 1.82) is 0 Å². The highest BCUT2D eigenvalue weighted by Gasteiger charge is 2.15. The minimum absolute atomic E-state index is 0.111. The number of hydrogen-bond donors (Lipinski definition) is 0. The van der Waals surface area contributed by atoms with Crippen LogP contribution in [0.5, 0.6) is 11.5 Å². The Hall–Kier alpha value is -1.59. The van der Waals surface area contributed by atoms with Crippen molar-refractivity contribution in [3.63, 3.8) is 0 Å². The van der Waals surface area contributed by atoms with Gasteiger partial charge in [-0.3, -0.25) is 0 Å². The second kappa shape index (κ2) is 9.37. The molecule has 0 N–H and O–H groups in total. The summed E-state index contributed by atoms with van der Waals surface area (Å²) in [6.45, 7) is 4.34. The van der Waals surface area contributed by atoms with Crippen LogP contribution in [0.2, 0.25) is 0 Å². The molecule has 1 aromatic carbocycles. The highest BCUT2D eigenvalue weighted by Crippen LogP contribution is 2.25. The monoisotopic (exact) mass is 296 g/mol. The smallest absolute Gasteiger partial charge is 0.147 e. The summed E-state index contributed by atoms with van der Waals surface area (Å²) in [7, 11) is 3.21. The zero-order valence-corrected chi connectivity index (χ0v) is 13.1. The maximum absolute atomic E-state index is 10.8. The number of aldehydes is 1. The number of ether oxygens (including phenoxy) is 4. The Bertz CT molecular complexity index is 433. The van der Waals surface area contributed by atoms with Gasteiger partial charge in [-0.25, -0.2) is 0 Å². The van der Waals surface area contributed by atoms with E-state index in [0.717, 1.165) is 24.0 Å². The summed E-state index contributed by atoms with van der Waals surface area (Å²) in [5.41, 5.74) is 0.915. The van der Waals surface area contributed by atoms with E-state index < -0.39 is 0 Å². The zero-order valence-electron chi connectivity index (χ0n) is 13.1. The van der Waals surface area contributed by atoms with Gasteiger partial charge in [0.15, 0.2) is 0 Å². The second-order valence-electron chi connectivity index (χ2n) is 4.75. The van der Waals surface area contributed by atoms with Crippen molar-refractivity contribution in [1.82, 2.24) is 0 Å². The van der Waals surface area contributed by atoms with Gasteiger partial charge in [0.05, 0.1) is 26.9 Å². The van der Waals surface area contributed by atoms with Crippen LogP contribution in [-0.4, -0.2) is 33.4 Å². The van der Waals surface area contributed by atoms with Crippen molar-refractivity contribution in [3.05, 3.63) is 23.8 Å². The van der Waals surface area contributed by atoms with Crippen LogP contribution < -0.4 is 9.47 Å². The van der Waals surface area contributed by atoms with E-state index in [0.29, 0.717) is 12.4 Å². The molecule has 0 saturated heterocycles. The maximum Gasteiger partial charge on any atom is 0.147 e. The van der Waals surface area contributed by atoms with Crippen LogP contribution in [0.1, 0.15) is 25.8 Å². The normalized spacial score (nSPS) is 13.5. The summed E-state index contributed by atoms with van der Waals surface area (Å²) in [6.07, 6.45) is 1.57. The molecule has 0 unspecified atom stereocenters. The highest BCUT2D eigenvalue weighted by molar-refractivity contribution is 5.53. The summed E-state index contributed by atoms with van der Waals surface area (Å²) in [6, 6.07) is 5.55. The number of methoxy groups -OCH3 is 2. The fourth-order valence-corrected chi connectivity index (χ4v) is 1.99. The Morgan fingerprint density at radius 1 is 1.24 bits per heavy atom. The van der Waals surface area contributed by atoms with Crippen molar-refractivity contribution in [2.24, 2.45) is 5.92 Å². The molecular weight excluding hydrogens is 272 g/mol. The van der Waals surface area contributed by atoms with Crippen molar-refractivity contribution >= 4 is 6.29 Å². The fourth-order valence-electron chi connectivity index (χ4n) is 1.99. The van der Waals surface area contributed by atoms with Gasteiger partial charge in [0.25, 0.3) is 0 Å². The van der Waals surface area contributed by atoms with Crippen LogP contribution in [0, 0.1) is 5.92 Å². The van der Waals surface area contributed by atoms with E-state index in [1.165, 1.54) is 0 Å². The molecule has 0 saturated carbocycles. The molecule has 1 rings (SSSR count). The first-order chi connectivity index (χ1) is 10.2. The molecule has 0 spiro atoms. The minimum atomic E-state index is -0.130. The highest BCUT2D eigenvalue weighted by atomic mass is 16.7. The number of hydrogen-bond acceptors (Lipinski definition) is 5. The summed E-state index contributed by atoms with van der Waals surface area (Å²) < 4.78 is 21.5. The predicted octanol–water partition coefficient (Wildman–Crippen LogP) is 2.81. The molecule has 2 atom stereocenters. The van der Waals surface area contributed by atoms with Gasteiger partial charge in [-0.15, -0.1) is 0 Å². The van der Waals surface area contributed by atoms with Gasteiger partial charge >= 0.3 is 0 Å². The molecule has 0 fully saturated rings. The Labute approximate surface area is 126 Å². The summed E-state index contributed by atoms with van der Waals surface area (Å²) in [5.74, 6) is 1.31. The number of rotatable bonds is 10. The average molecular weight is 296 g/mol. The average Bonchev–Trinajstić information content (AvgIpc) is 2.54. The molecule has 0 heterocycles. The second-order valence-corrected chi connectivity index (χ2v) is 4.75. The molecule has 0 radical (unpaired) electrons. The molecular formula is C16H24O5. The van der Waals surface area contributed by atoms with Crippen molar-refractivity contribution in [2.75, 3.05) is 21.0 Å². The van der Waals surface area contributed by atoms with Gasteiger partial charge < -0.3 is 23.7 Å². The quantitative estimate of drug-likeness (QED) is 0.377. The largest absolute Gasteiger partial charge is 0.497 e. The van der Waals surface area contributed by atoms with E-state index in [4.69, 9.17) is 18.9 Å². The van der Waals surface area contributed by atoms with Gasteiger partial charge in [0.1, 0.15) is 24.6 Å². The fraction of sp³-hybridized carbons (Fsp3) is 0.562. The zero-order chi connectivity index (χ0) is 15.7. The summed E-state index contributed by atoms with van der Waals surface area (Å²) in [4.78, 5) is 10.8. The first-order valence-electron chi connectivity index (χ1n) is 7.01. The minimum Gasteiger partial charge on any atom is -0.497 e. The number of benzene rings is 1. The summed E-state index contributed by atoms with van der Waals surface area (Å²) >= 11 is 0. The Morgan fingerprint density at radius 3 is 2.57 bits per heavy atom. The van der Waals surface area contributed by atoms with Crippen LogP contribution in [0.3, 0.4) is 0 Å². The first kappa shape index (κ1) is 17.5. The van der Waals surface area contributed by atoms with E-state index in [-0.39, 0.29) is 18.8 Å². The van der Waals surface area contributed by atoms with E-state index >= 15 is 0 Å². The van der Waals surface area contributed by atoms with Gasteiger partial charge in [-0.2, -0.15) is 0 Å². The molecule has 1 aromatic rings. The Morgan fingerprint density at radius 2 is 2.00 bits per heavy atom. The lowest BCUT2D eigenvalue weighted by Gasteiger charge is -2.19. The lowest BCUT2D eigenvalue weighted by atomic mass is 10.1. The molecule has 0 aromatic heterocycles. The van der Waals surface area contributed by atoms with Crippen LogP contribution in [0.15, 0.2) is 18.2 Å². The maximum atomic E-state index is 10.8.